The van der Waals surface area contributed by atoms with Gasteiger partial charge in [0.15, 0.2) is 0 Å². The second-order valence-corrected chi connectivity index (χ2v) is 2.88. The summed E-state index contributed by atoms with van der Waals surface area (Å²) in [6, 6.07) is 3.37. The first-order valence-electron chi connectivity index (χ1n) is 4.24. The van der Waals surface area contributed by atoms with E-state index in [0.717, 1.165) is 17.2 Å². The van der Waals surface area contributed by atoms with Gasteiger partial charge in [-0.1, -0.05) is 6.07 Å². The van der Waals surface area contributed by atoms with Gasteiger partial charge in [-0.15, -0.1) is 0 Å². The van der Waals surface area contributed by atoms with Crippen LogP contribution in [-0.2, 0) is 4.84 Å². The zero-order valence-corrected chi connectivity index (χ0v) is 8.64. The predicted molar refractivity (Wildman–Crippen MR) is 52.2 cm³/mol. The number of hydrogen-bond donors (Lipinski definition) is 0. The molecule has 0 spiro atoms. The highest BCUT2D eigenvalue weighted by Crippen LogP contribution is 2.20. The van der Waals surface area contributed by atoms with E-state index in [0.29, 0.717) is 0 Å². The maximum Gasteiger partial charge on any atom is 0.305 e. The third kappa shape index (κ3) is 2.14. The van der Waals surface area contributed by atoms with Crippen molar-refractivity contribution in [2.75, 3.05) is 14.2 Å². The number of nitro benzene ring substituents is 1. The van der Waals surface area contributed by atoms with E-state index in [4.69, 9.17) is 0 Å². The highest BCUT2D eigenvalue weighted by Gasteiger charge is 2.23. The Morgan fingerprint density at radius 3 is 2.69 bits per heavy atom. The van der Waals surface area contributed by atoms with Gasteiger partial charge in [0.05, 0.1) is 17.6 Å². The van der Waals surface area contributed by atoms with Crippen LogP contribution >= 0.6 is 0 Å². The van der Waals surface area contributed by atoms with Crippen LogP contribution in [0.15, 0.2) is 18.2 Å². The van der Waals surface area contributed by atoms with Gasteiger partial charge in [0.1, 0.15) is 0 Å². The van der Waals surface area contributed by atoms with Crippen molar-refractivity contribution in [3.8, 4) is 0 Å². The van der Waals surface area contributed by atoms with E-state index in [1.807, 2.05) is 0 Å². The summed E-state index contributed by atoms with van der Waals surface area (Å²) in [6.45, 7) is 0. The minimum absolute atomic E-state index is 0.404. The van der Waals surface area contributed by atoms with E-state index in [2.05, 4.69) is 4.84 Å². The topological polar surface area (TPSA) is 72.7 Å². The van der Waals surface area contributed by atoms with Crippen molar-refractivity contribution < 1.29 is 18.9 Å². The molecule has 1 rings (SSSR count). The molecule has 0 aromatic heterocycles. The molecular formula is C9H9FN2O4. The maximum atomic E-state index is 13.5. The number of nitro groups is 1. The Hall–Kier alpha value is -2.02. The van der Waals surface area contributed by atoms with Crippen LogP contribution in [0.25, 0.3) is 0 Å². The lowest BCUT2D eigenvalue weighted by Crippen LogP contribution is -2.26. The molecule has 1 amide bonds. The Bertz CT molecular complexity index is 436. The first-order valence-corrected chi connectivity index (χ1v) is 4.24. The number of nitrogens with zero attached hydrogens (tertiary/aromatic N) is 2. The number of benzene rings is 1. The lowest BCUT2D eigenvalue weighted by atomic mass is 10.1. The minimum atomic E-state index is -1.17. The molecule has 0 aliphatic carbocycles. The standard InChI is InChI=1S/C9H9FN2O4/c1-11(16-2)9(13)6-4-3-5-7(8(6)10)12(14)15/h3-5H,1-2H3. The average Bonchev–Trinajstić information content (AvgIpc) is 2.27. The number of halogens is 1. The molecule has 6 nitrogen and oxygen atoms in total. The van der Waals surface area contributed by atoms with Gasteiger partial charge >= 0.3 is 5.69 Å². The van der Waals surface area contributed by atoms with Crippen LogP contribution in [0.5, 0.6) is 0 Å². The average molecular weight is 228 g/mol. The van der Waals surface area contributed by atoms with E-state index in [9.17, 15) is 19.3 Å². The highest BCUT2D eigenvalue weighted by atomic mass is 19.1. The summed E-state index contributed by atoms with van der Waals surface area (Å²) in [6.07, 6.45) is 0. The smallest absolute Gasteiger partial charge is 0.274 e. The second kappa shape index (κ2) is 4.67. The van der Waals surface area contributed by atoms with Crippen molar-refractivity contribution in [3.05, 3.63) is 39.7 Å². The van der Waals surface area contributed by atoms with Crippen LogP contribution in [0, 0.1) is 15.9 Å². The van der Waals surface area contributed by atoms with E-state index in [-0.39, 0.29) is 0 Å². The molecule has 0 aliphatic heterocycles. The Kier molecular flexibility index (Phi) is 3.51. The summed E-state index contributed by atoms with van der Waals surface area (Å²) in [4.78, 5) is 25.6. The third-order valence-electron chi connectivity index (χ3n) is 1.97. The molecule has 0 unspecified atom stereocenters. The summed E-state index contributed by atoms with van der Waals surface area (Å²) >= 11 is 0. The zero-order chi connectivity index (χ0) is 12.3. The van der Waals surface area contributed by atoms with Gasteiger partial charge in [-0.3, -0.25) is 19.7 Å². The minimum Gasteiger partial charge on any atom is -0.274 e. The normalized spacial score (nSPS) is 9.94. The molecule has 0 heterocycles. The number of carbonyl (C=O) groups is 1. The summed E-state index contributed by atoms with van der Waals surface area (Å²) in [5.41, 5.74) is -1.14. The predicted octanol–water partition coefficient (Wildman–Crippen LogP) is 1.37. The van der Waals surface area contributed by atoms with E-state index in [1.54, 1.807) is 0 Å². The van der Waals surface area contributed by atoms with Gasteiger partial charge in [0.25, 0.3) is 5.91 Å². The summed E-state index contributed by atoms with van der Waals surface area (Å²) in [5, 5.41) is 11.2. The Balaban J connectivity index is 3.20. The molecule has 86 valence electrons. The van der Waals surface area contributed by atoms with Crippen LogP contribution in [0.3, 0.4) is 0 Å². The van der Waals surface area contributed by atoms with E-state index >= 15 is 0 Å². The van der Waals surface area contributed by atoms with Crippen molar-refractivity contribution in [1.29, 1.82) is 0 Å². The Labute approximate surface area is 90.3 Å². The fourth-order valence-corrected chi connectivity index (χ4v) is 1.08. The van der Waals surface area contributed by atoms with Crippen LogP contribution in [0.2, 0.25) is 0 Å². The van der Waals surface area contributed by atoms with Gasteiger partial charge in [0.2, 0.25) is 5.82 Å². The highest BCUT2D eigenvalue weighted by molar-refractivity contribution is 5.94. The summed E-state index contributed by atoms with van der Waals surface area (Å²) in [7, 11) is 2.51. The monoisotopic (exact) mass is 228 g/mol. The fourth-order valence-electron chi connectivity index (χ4n) is 1.08. The molecule has 0 N–H and O–H groups in total. The van der Waals surface area contributed by atoms with Gasteiger partial charge in [0, 0.05) is 13.1 Å². The molecule has 1 aromatic rings. The lowest BCUT2D eigenvalue weighted by Gasteiger charge is -2.13. The van der Waals surface area contributed by atoms with E-state index in [1.165, 1.54) is 20.2 Å². The number of hydrogen-bond acceptors (Lipinski definition) is 4. The molecular weight excluding hydrogens is 219 g/mol. The van der Waals surface area contributed by atoms with Gasteiger partial charge < -0.3 is 0 Å². The molecule has 1 aromatic carbocycles. The molecule has 0 aliphatic rings. The van der Waals surface area contributed by atoms with Crippen LogP contribution < -0.4 is 0 Å². The molecule has 0 atom stereocenters. The van der Waals surface area contributed by atoms with Gasteiger partial charge in [-0.25, -0.2) is 5.06 Å². The SMILES string of the molecule is CON(C)C(=O)c1cccc([N+](=O)[O-])c1F. The summed E-state index contributed by atoms with van der Waals surface area (Å²) in [5.74, 6) is -1.95. The quantitative estimate of drug-likeness (QED) is 0.578. The molecule has 16 heavy (non-hydrogen) atoms. The Morgan fingerprint density at radius 1 is 1.56 bits per heavy atom. The first-order chi connectivity index (χ1) is 7.49. The third-order valence-corrected chi connectivity index (χ3v) is 1.97. The molecule has 0 saturated carbocycles. The van der Waals surface area contributed by atoms with Crippen molar-refractivity contribution in [2.24, 2.45) is 0 Å². The van der Waals surface area contributed by atoms with Crippen molar-refractivity contribution in [1.82, 2.24) is 5.06 Å². The molecule has 0 radical (unpaired) electrons. The number of carbonyl (C=O) groups excluding carboxylic acids is 1. The zero-order valence-electron chi connectivity index (χ0n) is 8.64. The van der Waals surface area contributed by atoms with Crippen molar-refractivity contribution >= 4 is 11.6 Å². The molecule has 0 bridgehead atoms. The number of amides is 1. The summed E-state index contributed by atoms with van der Waals surface area (Å²) < 4.78 is 13.5. The Morgan fingerprint density at radius 2 is 2.19 bits per heavy atom. The van der Waals surface area contributed by atoms with Gasteiger partial charge in [-0.2, -0.15) is 4.39 Å². The van der Waals surface area contributed by atoms with Crippen molar-refractivity contribution in [2.45, 2.75) is 0 Å². The molecule has 7 heteroatoms. The number of rotatable bonds is 3. The molecule has 0 saturated heterocycles. The maximum absolute atomic E-state index is 13.5. The lowest BCUT2D eigenvalue weighted by molar-refractivity contribution is -0.387. The van der Waals surface area contributed by atoms with Gasteiger partial charge in [-0.05, 0) is 6.07 Å². The number of hydroxylamine groups is 2. The molecule has 0 fully saturated rings. The van der Waals surface area contributed by atoms with Crippen LogP contribution in [0.4, 0.5) is 10.1 Å². The second-order valence-electron chi connectivity index (χ2n) is 2.88. The van der Waals surface area contributed by atoms with Crippen LogP contribution in [-0.4, -0.2) is 30.1 Å². The first kappa shape index (κ1) is 12.1. The largest absolute Gasteiger partial charge is 0.305 e. The van der Waals surface area contributed by atoms with Crippen molar-refractivity contribution in [3.63, 3.8) is 0 Å². The van der Waals surface area contributed by atoms with Crippen LogP contribution in [0.1, 0.15) is 10.4 Å². The van der Waals surface area contributed by atoms with E-state index < -0.39 is 27.9 Å². The fraction of sp³-hybridized carbons (Fsp3) is 0.222.